The lowest BCUT2D eigenvalue weighted by Crippen LogP contribution is -2.22. The second kappa shape index (κ2) is 9.18. The third kappa shape index (κ3) is 4.65. The fourth-order valence-corrected chi connectivity index (χ4v) is 4.51. The van der Waals surface area contributed by atoms with Crippen LogP contribution in [0, 0.1) is 5.41 Å². The molecule has 0 atom stereocenters. The molecule has 2 aliphatic rings. The molecule has 1 aliphatic carbocycles. The number of nitrogens with one attached hydrogen (secondary N) is 4. The van der Waals surface area contributed by atoms with E-state index in [2.05, 4.69) is 40.1 Å². The van der Waals surface area contributed by atoms with Gasteiger partial charge in [0.15, 0.2) is 0 Å². The molecule has 0 bridgehead atoms. The van der Waals surface area contributed by atoms with E-state index >= 15 is 0 Å². The van der Waals surface area contributed by atoms with Crippen molar-refractivity contribution in [3.8, 4) is 11.3 Å². The lowest BCUT2D eigenvalue weighted by molar-refractivity contribution is 0.588. The van der Waals surface area contributed by atoms with E-state index in [0.29, 0.717) is 5.82 Å². The highest BCUT2D eigenvalue weighted by Gasteiger charge is 2.19. The fraction of sp³-hybridized carbons (Fsp3) is 0.304. The summed E-state index contributed by atoms with van der Waals surface area (Å²) in [5.74, 6) is 1.56. The molecule has 0 radical (unpaired) electrons. The average molecular weight is 406 g/mol. The highest BCUT2D eigenvalue weighted by molar-refractivity contribution is 8.02. The van der Waals surface area contributed by atoms with Crippen LogP contribution < -0.4 is 15.4 Å². The monoisotopic (exact) mass is 405 g/mol. The van der Waals surface area contributed by atoms with Crippen molar-refractivity contribution in [1.29, 1.82) is 5.41 Å². The molecule has 0 spiro atoms. The summed E-state index contributed by atoms with van der Waals surface area (Å²) >= 11 is 1.42. The Morgan fingerprint density at radius 1 is 1.14 bits per heavy atom. The van der Waals surface area contributed by atoms with Gasteiger partial charge >= 0.3 is 0 Å². The quantitative estimate of drug-likeness (QED) is 0.386. The summed E-state index contributed by atoms with van der Waals surface area (Å²) in [5, 5.41) is 14.5. The van der Waals surface area contributed by atoms with Gasteiger partial charge in [0, 0.05) is 24.0 Å². The Hall–Kier alpha value is -2.73. The van der Waals surface area contributed by atoms with Crippen molar-refractivity contribution in [2.45, 2.75) is 38.5 Å². The highest BCUT2D eigenvalue weighted by Crippen LogP contribution is 2.32. The van der Waals surface area contributed by atoms with E-state index in [9.17, 15) is 0 Å². The third-order valence-corrected chi connectivity index (χ3v) is 6.27. The Morgan fingerprint density at radius 2 is 2.00 bits per heavy atom. The van der Waals surface area contributed by atoms with E-state index in [1.165, 1.54) is 42.1 Å². The number of aryl methyl sites for hydroxylation is 1. The van der Waals surface area contributed by atoms with Crippen LogP contribution in [0.15, 0.2) is 59.4 Å². The third-order valence-electron chi connectivity index (χ3n) is 5.33. The van der Waals surface area contributed by atoms with Crippen LogP contribution >= 0.6 is 11.9 Å². The first-order chi connectivity index (χ1) is 14.2. The maximum absolute atomic E-state index is 7.74. The zero-order valence-electron chi connectivity index (χ0n) is 16.6. The fourth-order valence-electron chi connectivity index (χ4n) is 3.87. The highest BCUT2D eigenvalue weighted by atomic mass is 32.2. The summed E-state index contributed by atoms with van der Waals surface area (Å²) in [6.45, 7) is 5.11. The summed E-state index contributed by atoms with van der Waals surface area (Å²) in [7, 11) is 0. The minimum atomic E-state index is 0.678. The van der Waals surface area contributed by atoms with Gasteiger partial charge in [-0.15, -0.1) is 0 Å². The van der Waals surface area contributed by atoms with E-state index in [1.54, 1.807) is 0 Å². The molecule has 2 heterocycles. The number of aromatic nitrogens is 1. The Bertz CT molecular complexity index is 928. The summed E-state index contributed by atoms with van der Waals surface area (Å²) in [6.07, 6.45) is 8.06. The van der Waals surface area contributed by atoms with E-state index < -0.39 is 0 Å². The van der Waals surface area contributed by atoms with Crippen molar-refractivity contribution in [1.82, 2.24) is 15.0 Å². The van der Waals surface area contributed by atoms with Gasteiger partial charge in [0.2, 0.25) is 0 Å². The molecular formula is C23H27N5S. The predicted molar refractivity (Wildman–Crippen MR) is 123 cm³/mol. The van der Waals surface area contributed by atoms with E-state index in [4.69, 9.17) is 10.4 Å². The standard InChI is InChI=1S/C23H27N5S/c1-16(28-29-22(15-24)20-12-5-6-13-25-20)26-23-19-11-7-10-18(19)14-21(27-23)17-8-3-2-4-9-17/h2-4,8-9,14-15,24-25,28H,1,5-7,10-13H2,(H,26,27)/b22-20+,24-15?. The maximum Gasteiger partial charge on any atom is 0.135 e. The van der Waals surface area contributed by atoms with Crippen LogP contribution in [0.3, 0.4) is 0 Å². The number of pyridine rings is 1. The van der Waals surface area contributed by atoms with Crippen LogP contribution in [-0.4, -0.2) is 17.7 Å². The molecule has 0 amide bonds. The number of nitrogens with zero attached hydrogens (tertiary/aromatic N) is 1. The molecule has 29 heavy (non-hydrogen) atoms. The zero-order valence-corrected chi connectivity index (χ0v) is 17.4. The second-order valence-electron chi connectivity index (χ2n) is 7.39. The van der Waals surface area contributed by atoms with E-state index in [-0.39, 0.29) is 0 Å². The first-order valence-electron chi connectivity index (χ1n) is 10.2. The van der Waals surface area contributed by atoms with Gasteiger partial charge in [-0.2, -0.15) is 0 Å². The Balaban J connectivity index is 1.49. The van der Waals surface area contributed by atoms with Gasteiger partial charge in [-0.1, -0.05) is 36.9 Å². The predicted octanol–water partition coefficient (Wildman–Crippen LogP) is 4.99. The number of rotatable bonds is 7. The van der Waals surface area contributed by atoms with Gasteiger partial charge in [-0.05, 0) is 67.7 Å². The number of hydrogen-bond donors (Lipinski definition) is 4. The zero-order chi connectivity index (χ0) is 20.1. The van der Waals surface area contributed by atoms with E-state index in [0.717, 1.165) is 59.9 Å². The Morgan fingerprint density at radius 3 is 2.76 bits per heavy atom. The molecular weight excluding hydrogens is 378 g/mol. The normalized spacial score (nSPS) is 17.1. The van der Waals surface area contributed by atoms with Crippen LogP contribution in [0.5, 0.6) is 0 Å². The molecule has 1 fully saturated rings. The maximum atomic E-state index is 7.74. The largest absolute Gasteiger partial charge is 0.387 e. The van der Waals surface area contributed by atoms with Crippen molar-refractivity contribution in [2.24, 2.45) is 0 Å². The first kappa shape index (κ1) is 19.6. The van der Waals surface area contributed by atoms with Crippen molar-refractivity contribution in [3.05, 3.63) is 70.5 Å². The van der Waals surface area contributed by atoms with Crippen molar-refractivity contribution >= 4 is 24.0 Å². The Labute approximate surface area is 176 Å². The lowest BCUT2D eigenvalue weighted by Gasteiger charge is -2.20. The van der Waals surface area contributed by atoms with Gasteiger partial charge in [-0.25, -0.2) is 4.98 Å². The van der Waals surface area contributed by atoms with Crippen LogP contribution in [0.4, 0.5) is 5.82 Å². The number of anilines is 1. The molecule has 4 N–H and O–H groups in total. The first-order valence-corrected chi connectivity index (χ1v) is 11.0. The molecule has 150 valence electrons. The van der Waals surface area contributed by atoms with Gasteiger partial charge in [-0.3, -0.25) is 0 Å². The molecule has 6 heteroatoms. The van der Waals surface area contributed by atoms with Gasteiger partial charge in [0.1, 0.15) is 11.6 Å². The number of allylic oxidation sites excluding steroid dienone is 2. The number of fused-ring (bicyclic) bond motifs is 1. The number of benzene rings is 1. The van der Waals surface area contributed by atoms with Crippen LogP contribution in [-0.2, 0) is 12.8 Å². The minimum Gasteiger partial charge on any atom is -0.387 e. The molecule has 2 aromatic rings. The average Bonchev–Trinajstić information content (AvgIpc) is 3.25. The molecule has 0 unspecified atom stereocenters. The van der Waals surface area contributed by atoms with Gasteiger partial charge in [0.05, 0.1) is 10.6 Å². The van der Waals surface area contributed by atoms with Crippen LogP contribution in [0.1, 0.15) is 36.8 Å². The summed E-state index contributed by atoms with van der Waals surface area (Å²) in [4.78, 5) is 5.81. The summed E-state index contributed by atoms with van der Waals surface area (Å²) < 4.78 is 3.25. The van der Waals surface area contributed by atoms with Gasteiger partial charge in [0.25, 0.3) is 0 Å². The summed E-state index contributed by atoms with van der Waals surface area (Å²) in [6, 6.07) is 12.5. The lowest BCUT2D eigenvalue weighted by atomic mass is 10.1. The van der Waals surface area contributed by atoms with Crippen molar-refractivity contribution in [2.75, 3.05) is 11.9 Å². The Kier molecular flexibility index (Phi) is 6.20. The van der Waals surface area contributed by atoms with Crippen molar-refractivity contribution in [3.63, 3.8) is 0 Å². The molecule has 4 rings (SSSR count). The minimum absolute atomic E-state index is 0.678. The second-order valence-corrected chi connectivity index (χ2v) is 8.24. The topological polar surface area (TPSA) is 72.8 Å². The van der Waals surface area contributed by atoms with Crippen LogP contribution in [0.25, 0.3) is 11.3 Å². The molecule has 1 aromatic carbocycles. The summed E-state index contributed by atoms with van der Waals surface area (Å²) in [5.41, 5.74) is 5.91. The van der Waals surface area contributed by atoms with E-state index in [1.807, 2.05) is 18.2 Å². The number of hydrogen-bond acceptors (Lipinski definition) is 6. The number of piperidine rings is 1. The molecule has 0 saturated carbocycles. The van der Waals surface area contributed by atoms with Crippen molar-refractivity contribution < 1.29 is 0 Å². The smallest absolute Gasteiger partial charge is 0.135 e. The molecule has 1 saturated heterocycles. The van der Waals surface area contributed by atoms with Gasteiger partial charge < -0.3 is 20.8 Å². The molecule has 5 nitrogen and oxygen atoms in total. The molecule has 1 aliphatic heterocycles. The SMILES string of the molecule is C=C(NS/C(C=N)=C1\CCCCN1)Nc1nc(-c2ccccc2)cc2c1CCC2. The molecule has 1 aromatic heterocycles. The van der Waals surface area contributed by atoms with Crippen LogP contribution in [0.2, 0.25) is 0 Å².